The fourth-order valence-corrected chi connectivity index (χ4v) is 2.35. The molecule has 0 unspecified atom stereocenters. The van der Waals surface area contributed by atoms with Crippen LogP contribution in [0.2, 0.25) is 0 Å². The van der Waals surface area contributed by atoms with Gasteiger partial charge in [0.15, 0.2) is 0 Å². The Morgan fingerprint density at radius 3 is 2.67 bits per heavy atom. The van der Waals surface area contributed by atoms with Crippen molar-refractivity contribution in [3.05, 3.63) is 18.2 Å². The van der Waals surface area contributed by atoms with E-state index in [1.165, 1.54) is 18.7 Å². The van der Waals surface area contributed by atoms with Crippen molar-refractivity contribution >= 4 is 29.3 Å². The van der Waals surface area contributed by atoms with E-state index in [1.54, 1.807) is 12.1 Å². The van der Waals surface area contributed by atoms with Gasteiger partial charge in [0.2, 0.25) is 11.8 Å². The summed E-state index contributed by atoms with van der Waals surface area (Å²) in [7, 11) is 0. The number of nitrogens with one attached hydrogen (secondary N) is 2. The van der Waals surface area contributed by atoms with E-state index in [9.17, 15) is 9.59 Å². The van der Waals surface area contributed by atoms with Crippen molar-refractivity contribution in [1.82, 2.24) is 10.6 Å². The average molecular weight is 311 g/mol. The van der Waals surface area contributed by atoms with Crippen LogP contribution >= 0.6 is 11.8 Å². The Morgan fingerprint density at radius 2 is 2.00 bits per heavy atom. The zero-order chi connectivity index (χ0) is 15.7. The molecule has 0 aromatic heterocycles. The van der Waals surface area contributed by atoms with E-state index in [0.29, 0.717) is 25.4 Å². The third-order valence-corrected chi connectivity index (χ3v) is 3.55. The van der Waals surface area contributed by atoms with Gasteiger partial charge in [-0.1, -0.05) is 0 Å². The molecule has 0 aliphatic heterocycles. The smallest absolute Gasteiger partial charge is 0.230 e. The lowest BCUT2D eigenvalue weighted by atomic mass is 10.3. The van der Waals surface area contributed by atoms with Crippen molar-refractivity contribution in [3.63, 3.8) is 0 Å². The van der Waals surface area contributed by atoms with Crippen molar-refractivity contribution in [2.24, 2.45) is 0 Å². The maximum Gasteiger partial charge on any atom is 0.230 e. The highest BCUT2D eigenvalue weighted by Crippen LogP contribution is 2.29. The molecule has 2 amide bonds. The van der Waals surface area contributed by atoms with Gasteiger partial charge in [0, 0.05) is 30.6 Å². The Morgan fingerprint density at radius 1 is 1.29 bits per heavy atom. The Balaban J connectivity index is 2.38. The number of hydrogen-bond donors (Lipinski definition) is 3. The van der Waals surface area contributed by atoms with Gasteiger partial charge in [-0.05, 0) is 25.1 Å². The predicted octanol–water partition coefficient (Wildman–Crippen LogP) is 1.01. The first-order chi connectivity index (χ1) is 10.0. The minimum absolute atomic E-state index is 0.105. The molecule has 0 radical (unpaired) electrons. The number of ether oxygens (including phenoxy) is 1. The van der Waals surface area contributed by atoms with Crippen LogP contribution in [0.25, 0.3) is 0 Å². The molecular weight excluding hydrogens is 290 g/mol. The summed E-state index contributed by atoms with van der Waals surface area (Å²) in [5, 5.41) is 5.33. The molecule has 1 aromatic carbocycles. The number of nitrogen functional groups attached to an aromatic ring is 1. The van der Waals surface area contributed by atoms with Crippen molar-refractivity contribution in [1.29, 1.82) is 0 Å². The first-order valence-electron chi connectivity index (χ1n) is 6.69. The Labute approximate surface area is 128 Å². The molecule has 0 fully saturated rings. The number of nitrogens with two attached hydrogens (primary N) is 1. The molecular formula is C14H21N3O3S. The van der Waals surface area contributed by atoms with Crippen LogP contribution in [0.4, 0.5) is 5.69 Å². The molecule has 21 heavy (non-hydrogen) atoms. The van der Waals surface area contributed by atoms with Gasteiger partial charge in [-0.25, -0.2) is 0 Å². The average Bonchev–Trinajstić information content (AvgIpc) is 2.44. The van der Waals surface area contributed by atoms with E-state index in [-0.39, 0.29) is 17.6 Å². The lowest BCUT2D eigenvalue weighted by Gasteiger charge is -2.09. The molecule has 0 aliphatic rings. The fourth-order valence-electron chi connectivity index (χ4n) is 1.53. The van der Waals surface area contributed by atoms with Crippen LogP contribution in [0.1, 0.15) is 13.8 Å². The van der Waals surface area contributed by atoms with Crippen LogP contribution in [0.15, 0.2) is 23.1 Å². The van der Waals surface area contributed by atoms with E-state index in [0.717, 1.165) is 10.6 Å². The summed E-state index contributed by atoms with van der Waals surface area (Å²) >= 11 is 1.36. The maximum atomic E-state index is 11.7. The highest BCUT2D eigenvalue weighted by Gasteiger charge is 2.06. The minimum Gasteiger partial charge on any atom is -0.494 e. The minimum atomic E-state index is -0.112. The van der Waals surface area contributed by atoms with E-state index in [2.05, 4.69) is 10.6 Å². The van der Waals surface area contributed by atoms with E-state index < -0.39 is 0 Å². The van der Waals surface area contributed by atoms with Crippen LogP contribution < -0.4 is 21.1 Å². The molecule has 4 N–H and O–H groups in total. The molecule has 6 nitrogen and oxygen atoms in total. The van der Waals surface area contributed by atoms with Gasteiger partial charge in [-0.3, -0.25) is 9.59 Å². The number of amides is 2. The van der Waals surface area contributed by atoms with Gasteiger partial charge >= 0.3 is 0 Å². The number of anilines is 1. The van der Waals surface area contributed by atoms with Gasteiger partial charge in [0.25, 0.3) is 0 Å². The summed E-state index contributed by atoms with van der Waals surface area (Å²) in [4.78, 5) is 23.2. The van der Waals surface area contributed by atoms with Crippen LogP contribution in [-0.4, -0.2) is 37.3 Å². The van der Waals surface area contributed by atoms with Gasteiger partial charge in [0.1, 0.15) is 5.75 Å². The van der Waals surface area contributed by atoms with Crippen LogP contribution in [0.3, 0.4) is 0 Å². The monoisotopic (exact) mass is 311 g/mol. The van der Waals surface area contributed by atoms with Crippen molar-refractivity contribution in [2.45, 2.75) is 18.7 Å². The third kappa shape index (κ3) is 6.89. The quantitative estimate of drug-likeness (QED) is 0.378. The van der Waals surface area contributed by atoms with Gasteiger partial charge in [-0.2, -0.15) is 0 Å². The number of carbonyl (C=O) groups excluding carboxylic acids is 2. The summed E-state index contributed by atoms with van der Waals surface area (Å²) in [6.45, 7) is 4.76. The zero-order valence-electron chi connectivity index (χ0n) is 12.3. The van der Waals surface area contributed by atoms with Crippen LogP contribution in [0, 0.1) is 0 Å². The first kappa shape index (κ1) is 17.2. The standard InChI is InChI=1S/C14H21N3O3S/c1-3-20-11-4-5-12(15)13(8-11)21-9-14(19)17-7-6-16-10(2)18/h4-5,8H,3,6-7,9,15H2,1-2H3,(H,16,18)(H,17,19). The molecule has 0 saturated heterocycles. The van der Waals surface area contributed by atoms with Crippen molar-refractivity contribution in [2.75, 3.05) is 31.2 Å². The third-order valence-electron chi connectivity index (χ3n) is 2.48. The second-order valence-corrected chi connectivity index (χ2v) is 5.27. The van der Waals surface area contributed by atoms with E-state index in [1.807, 2.05) is 13.0 Å². The number of rotatable bonds is 8. The Hall–Kier alpha value is -1.89. The van der Waals surface area contributed by atoms with E-state index in [4.69, 9.17) is 10.5 Å². The number of carbonyl (C=O) groups is 2. The largest absolute Gasteiger partial charge is 0.494 e. The summed E-state index contributed by atoms with van der Waals surface area (Å²) < 4.78 is 5.40. The van der Waals surface area contributed by atoms with Crippen LogP contribution in [0.5, 0.6) is 5.75 Å². The molecule has 0 atom stereocenters. The maximum absolute atomic E-state index is 11.7. The molecule has 0 saturated carbocycles. The molecule has 1 rings (SSSR count). The second-order valence-electron chi connectivity index (χ2n) is 4.25. The molecule has 0 aliphatic carbocycles. The second kappa shape index (κ2) is 9.12. The number of thioether (sulfide) groups is 1. The lowest BCUT2D eigenvalue weighted by Crippen LogP contribution is -2.34. The Kier molecular flexibility index (Phi) is 7.45. The topological polar surface area (TPSA) is 93.4 Å². The van der Waals surface area contributed by atoms with Gasteiger partial charge in [0.05, 0.1) is 12.4 Å². The van der Waals surface area contributed by atoms with Crippen molar-refractivity contribution in [3.8, 4) is 5.75 Å². The number of hydrogen-bond acceptors (Lipinski definition) is 5. The summed E-state index contributed by atoms with van der Waals surface area (Å²) in [6, 6.07) is 5.40. The fraction of sp³-hybridized carbons (Fsp3) is 0.429. The Bertz CT molecular complexity index is 494. The summed E-state index contributed by atoms with van der Waals surface area (Å²) in [6.07, 6.45) is 0. The molecule has 1 aromatic rings. The molecule has 7 heteroatoms. The molecule has 116 valence electrons. The molecule has 0 spiro atoms. The number of benzene rings is 1. The van der Waals surface area contributed by atoms with Crippen molar-refractivity contribution < 1.29 is 14.3 Å². The summed E-state index contributed by atoms with van der Waals surface area (Å²) in [5.41, 5.74) is 6.49. The normalized spacial score (nSPS) is 10.0. The molecule has 0 heterocycles. The predicted molar refractivity (Wildman–Crippen MR) is 84.4 cm³/mol. The summed E-state index contributed by atoms with van der Waals surface area (Å²) in [5.74, 6) is 0.783. The van der Waals surface area contributed by atoms with Gasteiger partial charge in [-0.15, -0.1) is 11.8 Å². The van der Waals surface area contributed by atoms with E-state index >= 15 is 0 Å². The zero-order valence-corrected chi connectivity index (χ0v) is 13.1. The highest BCUT2D eigenvalue weighted by atomic mass is 32.2. The molecule has 0 bridgehead atoms. The first-order valence-corrected chi connectivity index (χ1v) is 7.67. The van der Waals surface area contributed by atoms with Gasteiger partial charge < -0.3 is 21.1 Å². The SMILES string of the molecule is CCOc1ccc(N)c(SCC(=O)NCCNC(C)=O)c1. The lowest BCUT2D eigenvalue weighted by molar-refractivity contribution is -0.120. The highest BCUT2D eigenvalue weighted by molar-refractivity contribution is 8.00. The van der Waals surface area contributed by atoms with Crippen LogP contribution in [-0.2, 0) is 9.59 Å².